The fourth-order valence-electron chi connectivity index (χ4n) is 8.61. The zero-order valence-electron chi connectivity index (χ0n) is 31.8. The molecule has 56 heavy (non-hydrogen) atoms. The lowest BCUT2D eigenvalue weighted by Crippen LogP contribution is -2.46. The van der Waals surface area contributed by atoms with Crippen LogP contribution < -0.4 is 10.9 Å². The summed E-state index contributed by atoms with van der Waals surface area (Å²) in [6.45, 7) is 6.18. The number of likely N-dealkylation sites (tertiary alicyclic amines) is 1. The quantitative estimate of drug-likeness (QED) is 0.197. The van der Waals surface area contributed by atoms with E-state index in [0.717, 1.165) is 28.5 Å². The smallest absolute Gasteiger partial charge is 0.279 e. The topological polar surface area (TPSA) is 151 Å². The third-order valence-corrected chi connectivity index (χ3v) is 11.8. The number of amides is 2. The zero-order chi connectivity index (χ0) is 39.8. The summed E-state index contributed by atoms with van der Waals surface area (Å²) in [4.78, 5) is 58.3. The Kier molecular flexibility index (Phi) is 9.43. The summed E-state index contributed by atoms with van der Waals surface area (Å²) in [5, 5.41) is 18.1. The van der Waals surface area contributed by atoms with Gasteiger partial charge in [0, 0.05) is 36.3 Å². The summed E-state index contributed by atoms with van der Waals surface area (Å²) in [6, 6.07) is 5.89. The summed E-state index contributed by atoms with van der Waals surface area (Å²) >= 11 is 6.53. The van der Waals surface area contributed by atoms with Gasteiger partial charge in [-0.15, -0.1) is 5.10 Å². The summed E-state index contributed by atoms with van der Waals surface area (Å²) in [6.07, 6.45) is 4.39. The molecular formula is C40H42ClF2N9O4. The van der Waals surface area contributed by atoms with Gasteiger partial charge in [0.05, 0.1) is 22.0 Å². The van der Waals surface area contributed by atoms with Crippen molar-refractivity contribution in [1.82, 2.24) is 38.9 Å². The molecule has 1 spiro atoms. The van der Waals surface area contributed by atoms with Crippen molar-refractivity contribution < 1.29 is 23.5 Å². The largest absolute Gasteiger partial charge is 0.504 e. The van der Waals surface area contributed by atoms with Gasteiger partial charge in [-0.3, -0.25) is 14.4 Å². The third kappa shape index (κ3) is 6.49. The molecular weight excluding hydrogens is 744 g/mol. The van der Waals surface area contributed by atoms with Crippen LogP contribution in [0.3, 0.4) is 0 Å². The SMILES string of the molecule is Cc1cc(-c2nc3n(CC(=O)Nc4cc(F)c(C5CC5)cc4Cl)c4c(c(=O)n3n2)C2(CCN(C(=O)c3ncnc(C)c3O)CC2)CC4C)c(F)cc1CN(C)C. The van der Waals surface area contributed by atoms with Crippen molar-refractivity contribution >= 4 is 34.9 Å². The Morgan fingerprint density at radius 3 is 2.50 bits per heavy atom. The van der Waals surface area contributed by atoms with Gasteiger partial charge in [0.15, 0.2) is 17.3 Å². The molecule has 1 unspecified atom stereocenters. The summed E-state index contributed by atoms with van der Waals surface area (Å²) < 4.78 is 33.6. The first-order valence-electron chi connectivity index (χ1n) is 18.7. The van der Waals surface area contributed by atoms with Crippen molar-refractivity contribution in [2.24, 2.45) is 0 Å². The van der Waals surface area contributed by atoms with Gasteiger partial charge < -0.3 is 24.8 Å². The first-order chi connectivity index (χ1) is 26.7. The molecule has 4 heterocycles. The van der Waals surface area contributed by atoms with Gasteiger partial charge >= 0.3 is 0 Å². The Bertz CT molecular complexity index is 2510. The number of fused-ring (bicyclic) bond motifs is 3. The van der Waals surface area contributed by atoms with Crippen LogP contribution in [-0.4, -0.2) is 83.0 Å². The van der Waals surface area contributed by atoms with Crippen LogP contribution in [0.15, 0.2) is 35.4 Å². The van der Waals surface area contributed by atoms with E-state index in [1.165, 1.54) is 18.5 Å². The number of piperidine rings is 1. The van der Waals surface area contributed by atoms with Crippen molar-refractivity contribution in [1.29, 1.82) is 0 Å². The maximum atomic E-state index is 15.8. The molecule has 0 bridgehead atoms. The molecule has 292 valence electrons. The first kappa shape index (κ1) is 37.6. The van der Waals surface area contributed by atoms with Gasteiger partial charge in [-0.1, -0.05) is 18.5 Å². The minimum absolute atomic E-state index is 0.0141. The molecule has 2 N–H and O–H groups in total. The second kappa shape index (κ2) is 14.0. The van der Waals surface area contributed by atoms with Crippen molar-refractivity contribution in [3.63, 3.8) is 0 Å². The third-order valence-electron chi connectivity index (χ3n) is 11.5. The number of nitrogens with zero attached hydrogens (tertiary/aromatic N) is 8. The fourth-order valence-corrected chi connectivity index (χ4v) is 8.83. The highest BCUT2D eigenvalue weighted by molar-refractivity contribution is 6.33. The number of carbonyl (C=O) groups excluding carboxylic acids is 2. The molecule has 5 aromatic rings. The van der Waals surface area contributed by atoms with E-state index in [1.54, 1.807) is 28.5 Å². The monoisotopic (exact) mass is 785 g/mol. The van der Waals surface area contributed by atoms with Crippen LogP contribution in [0.4, 0.5) is 14.5 Å². The van der Waals surface area contributed by atoms with Crippen molar-refractivity contribution in [3.8, 4) is 17.1 Å². The normalized spacial score (nSPS) is 17.6. The lowest BCUT2D eigenvalue weighted by Gasteiger charge is -2.39. The van der Waals surface area contributed by atoms with E-state index >= 15 is 8.78 Å². The van der Waals surface area contributed by atoms with Gasteiger partial charge in [0.1, 0.15) is 24.5 Å². The molecule has 1 saturated heterocycles. The molecule has 2 aliphatic carbocycles. The minimum atomic E-state index is -0.689. The molecule has 0 radical (unpaired) electrons. The number of hydrogen-bond acceptors (Lipinski definition) is 9. The van der Waals surface area contributed by atoms with E-state index in [4.69, 9.17) is 16.6 Å². The van der Waals surface area contributed by atoms with E-state index in [-0.39, 0.29) is 70.8 Å². The number of anilines is 1. The number of hydrogen-bond donors (Lipinski definition) is 2. The van der Waals surface area contributed by atoms with Crippen LogP contribution in [0.5, 0.6) is 5.75 Å². The van der Waals surface area contributed by atoms with Crippen molar-refractivity contribution in [3.05, 3.63) is 96.9 Å². The number of aromatic nitrogens is 6. The highest BCUT2D eigenvalue weighted by atomic mass is 35.5. The molecule has 1 saturated carbocycles. The molecule has 3 aromatic heterocycles. The van der Waals surface area contributed by atoms with Crippen LogP contribution in [0, 0.1) is 25.5 Å². The molecule has 2 amide bonds. The van der Waals surface area contributed by atoms with Gasteiger partial charge in [0.25, 0.3) is 11.5 Å². The van der Waals surface area contributed by atoms with E-state index in [9.17, 15) is 19.5 Å². The Labute approximate surface area is 326 Å². The number of aromatic hydroxyl groups is 1. The average molecular weight is 786 g/mol. The summed E-state index contributed by atoms with van der Waals surface area (Å²) in [7, 11) is 3.79. The second-order valence-corrected chi connectivity index (χ2v) is 16.2. The molecule has 2 aromatic carbocycles. The van der Waals surface area contributed by atoms with E-state index < -0.39 is 34.4 Å². The highest BCUT2D eigenvalue weighted by Crippen LogP contribution is 2.51. The van der Waals surface area contributed by atoms with E-state index in [0.29, 0.717) is 48.3 Å². The molecule has 3 aliphatic rings. The molecule has 1 atom stereocenters. The molecule has 8 rings (SSSR count). The number of nitrogens with one attached hydrogen (secondary N) is 1. The van der Waals surface area contributed by atoms with Crippen LogP contribution in [0.25, 0.3) is 17.2 Å². The van der Waals surface area contributed by atoms with E-state index in [2.05, 4.69) is 20.4 Å². The Hall–Kier alpha value is -5.28. The Morgan fingerprint density at radius 1 is 1.07 bits per heavy atom. The average Bonchev–Trinajstić information content (AvgIpc) is 3.82. The fraction of sp³-hybridized carbons (Fsp3) is 0.425. The maximum Gasteiger partial charge on any atom is 0.279 e. The lowest BCUT2D eigenvalue weighted by molar-refractivity contribution is -0.116. The predicted octanol–water partition coefficient (Wildman–Crippen LogP) is 5.86. The Balaban J connectivity index is 1.20. The number of halogens is 3. The van der Waals surface area contributed by atoms with E-state index in [1.807, 2.05) is 32.8 Å². The number of aryl methyl sites for hydroxylation is 2. The first-order valence-corrected chi connectivity index (χ1v) is 19.1. The van der Waals surface area contributed by atoms with Crippen LogP contribution >= 0.6 is 11.6 Å². The molecule has 13 nitrogen and oxygen atoms in total. The molecule has 16 heteroatoms. The standard InChI is InChI=1S/C40H42ClF2N9O4/c1-20-12-26(28(42)13-24(20)17-49(4)5)36-47-39-51(18-31(53)46-30-15-29(43)25(14-27(30)41)23-6-7-23)34-21(2)16-40(32(34)37(55)52(39)48-36)8-10-50(11-9-40)38(56)33-35(54)22(3)44-19-45-33/h12-15,19,21,23,54H,6-11,16-18H2,1-5H3,(H,46,53). The Morgan fingerprint density at radius 2 is 1.80 bits per heavy atom. The van der Waals surface area contributed by atoms with Gasteiger partial charge in [-0.05, 0) is 113 Å². The molecule has 1 aliphatic heterocycles. The summed E-state index contributed by atoms with van der Waals surface area (Å²) in [5.41, 5.74) is 2.52. The van der Waals surface area contributed by atoms with Gasteiger partial charge in [-0.2, -0.15) is 9.50 Å². The van der Waals surface area contributed by atoms with Crippen molar-refractivity contribution in [2.45, 2.75) is 83.2 Å². The highest BCUT2D eigenvalue weighted by Gasteiger charge is 2.49. The van der Waals surface area contributed by atoms with Crippen LogP contribution in [0.1, 0.15) is 95.0 Å². The minimum Gasteiger partial charge on any atom is -0.504 e. The zero-order valence-corrected chi connectivity index (χ0v) is 32.5. The summed E-state index contributed by atoms with van der Waals surface area (Å²) in [5.74, 6) is -2.30. The predicted molar refractivity (Wildman–Crippen MR) is 205 cm³/mol. The number of carbonyl (C=O) groups is 2. The van der Waals surface area contributed by atoms with Gasteiger partial charge in [-0.25, -0.2) is 18.7 Å². The van der Waals surface area contributed by atoms with Crippen LogP contribution in [-0.2, 0) is 23.3 Å². The van der Waals surface area contributed by atoms with Crippen LogP contribution in [0.2, 0.25) is 5.02 Å². The van der Waals surface area contributed by atoms with Crippen molar-refractivity contribution in [2.75, 3.05) is 32.5 Å². The number of rotatable bonds is 8. The number of benzene rings is 2. The maximum absolute atomic E-state index is 15.8. The lowest BCUT2D eigenvalue weighted by atomic mass is 9.73. The second-order valence-electron chi connectivity index (χ2n) is 15.8. The molecule has 2 fully saturated rings. The van der Waals surface area contributed by atoms with Gasteiger partial charge in [0.2, 0.25) is 11.7 Å².